The summed E-state index contributed by atoms with van der Waals surface area (Å²) >= 11 is 12.0. The fourth-order valence-electron chi connectivity index (χ4n) is 1.63. The Bertz CT molecular complexity index is 717. The lowest BCUT2D eigenvalue weighted by atomic mass is 10.3. The molecule has 0 fully saturated rings. The van der Waals surface area contributed by atoms with Crippen LogP contribution < -0.4 is 10.1 Å². The molecule has 2 N–H and O–H groups in total. The number of aliphatic carboxylic acids is 1. The Morgan fingerprint density at radius 3 is 2.42 bits per heavy atom. The van der Waals surface area contributed by atoms with Gasteiger partial charge in [0.05, 0.1) is 21.9 Å². The number of nitrogens with one attached hydrogen (secondary N) is 1. The number of carbonyl (C=O) groups is 2. The first-order chi connectivity index (χ1) is 11.5. The first-order valence-corrected chi connectivity index (χ1v) is 7.38. The van der Waals surface area contributed by atoms with Gasteiger partial charge in [0.1, 0.15) is 13.2 Å². The average molecular weight is 371 g/mol. The minimum atomic E-state index is -1.15. The van der Waals surface area contributed by atoms with E-state index in [1.54, 1.807) is 24.3 Å². The lowest BCUT2D eigenvalue weighted by Gasteiger charge is -2.09. The van der Waals surface area contributed by atoms with Crippen LogP contribution in [-0.2, 0) is 14.3 Å². The molecule has 0 spiro atoms. The third kappa shape index (κ3) is 5.38. The number of para-hydroxylation sites is 1. The van der Waals surface area contributed by atoms with Crippen molar-refractivity contribution >= 4 is 40.8 Å². The molecule has 0 unspecified atom stereocenters. The Hall–Kier alpha value is -2.35. The maximum Gasteiger partial charge on any atom is 0.329 e. The quantitative estimate of drug-likeness (QED) is 0.776. The third-order valence-electron chi connectivity index (χ3n) is 2.60. The molecule has 126 valence electrons. The fraction of sp³-hybridized carbons (Fsp3) is 0.133. The van der Waals surface area contributed by atoms with Crippen LogP contribution in [0.25, 0.3) is 0 Å². The van der Waals surface area contributed by atoms with Crippen molar-refractivity contribution in [2.24, 2.45) is 0 Å². The number of amides is 1. The second kappa shape index (κ2) is 8.49. The van der Waals surface area contributed by atoms with Crippen LogP contribution in [0.5, 0.6) is 11.6 Å². The standard InChI is InChI=1S/C15H12Cl2N2O5/c16-10-2-1-3-11(17)15(10)24-13-5-4-9(6-18-13)19-12(20)7-23-8-14(21)22/h1-6H,7-8H2,(H,19,20)(H,21,22). The molecule has 0 aliphatic heterocycles. The number of benzene rings is 1. The second-order valence-electron chi connectivity index (χ2n) is 4.47. The van der Waals surface area contributed by atoms with E-state index < -0.39 is 18.5 Å². The van der Waals surface area contributed by atoms with Gasteiger partial charge in [-0.2, -0.15) is 0 Å². The minimum Gasteiger partial charge on any atom is -0.480 e. The number of nitrogens with zero attached hydrogens (tertiary/aromatic N) is 1. The van der Waals surface area contributed by atoms with Gasteiger partial charge < -0.3 is 19.9 Å². The van der Waals surface area contributed by atoms with Crippen LogP contribution in [0.1, 0.15) is 0 Å². The molecule has 7 nitrogen and oxygen atoms in total. The number of halogens is 2. The van der Waals surface area contributed by atoms with Crippen LogP contribution in [0.3, 0.4) is 0 Å². The monoisotopic (exact) mass is 370 g/mol. The van der Waals surface area contributed by atoms with E-state index in [2.05, 4.69) is 15.0 Å². The molecule has 1 aromatic heterocycles. The van der Waals surface area contributed by atoms with Gasteiger partial charge in [-0.15, -0.1) is 0 Å². The van der Waals surface area contributed by atoms with E-state index in [-0.39, 0.29) is 18.2 Å². The molecule has 24 heavy (non-hydrogen) atoms. The van der Waals surface area contributed by atoms with Crippen LogP contribution >= 0.6 is 23.2 Å². The molecule has 0 aliphatic rings. The van der Waals surface area contributed by atoms with Gasteiger partial charge in [0.25, 0.3) is 0 Å². The highest BCUT2D eigenvalue weighted by molar-refractivity contribution is 6.37. The number of pyridine rings is 1. The first-order valence-electron chi connectivity index (χ1n) is 6.63. The highest BCUT2D eigenvalue weighted by Gasteiger charge is 2.09. The molecule has 0 saturated heterocycles. The zero-order valence-corrected chi connectivity index (χ0v) is 13.7. The lowest BCUT2D eigenvalue weighted by molar-refractivity contribution is -0.143. The van der Waals surface area contributed by atoms with Crippen molar-refractivity contribution in [3.8, 4) is 11.6 Å². The zero-order chi connectivity index (χ0) is 17.5. The van der Waals surface area contributed by atoms with Crippen molar-refractivity contribution in [3.05, 3.63) is 46.6 Å². The van der Waals surface area contributed by atoms with Crippen molar-refractivity contribution in [2.45, 2.75) is 0 Å². The van der Waals surface area contributed by atoms with E-state index in [1.165, 1.54) is 12.3 Å². The number of rotatable bonds is 7. The molecule has 1 amide bonds. The summed E-state index contributed by atoms with van der Waals surface area (Å²) in [6.45, 7) is -0.920. The van der Waals surface area contributed by atoms with Gasteiger partial charge in [0.15, 0.2) is 5.75 Å². The number of hydrogen-bond acceptors (Lipinski definition) is 5. The summed E-state index contributed by atoms with van der Waals surface area (Å²) in [4.78, 5) is 25.8. The Balaban J connectivity index is 1.93. The molecule has 9 heteroatoms. The molecule has 0 radical (unpaired) electrons. The van der Waals surface area contributed by atoms with Crippen LogP contribution in [-0.4, -0.2) is 35.2 Å². The van der Waals surface area contributed by atoms with E-state index in [4.69, 9.17) is 33.0 Å². The Kier molecular flexibility index (Phi) is 6.36. The van der Waals surface area contributed by atoms with Gasteiger partial charge >= 0.3 is 5.97 Å². The SMILES string of the molecule is O=C(O)COCC(=O)Nc1ccc(Oc2c(Cl)cccc2Cl)nc1. The summed E-state index contributed by atoms with van der Waals surface area (Å²) in [5.41, 5.74) is 0.400. The molecule has 0 bridgehead atoms. The van der Waals surface area contributed by atoms with Crippen LogP contribution in [0.15, 0.2) is 36.5 Å². The average Bonchev–Trinajstić information content (AvgIpc) is 2.52. The first kappa shape index (κ1) is 18.0. The molecule has 2 rings (SSSR count). The highest BCUT2D eigenvalue weighted by atomic mass is 35.5. The number of carboxylic acid groups (broad SMARTS) is 1. The summed E-state index contributed by atoms with van der Waals surface area (Å²) in [5, 5.41) is 11.6. The summed E-state index contributed by atoms with van der Waals surface area (Å²) in [7, 11) is 0. The van der Waals surface area contributed by atoms with Crippen molar-refractivity contribution in [1.82, 2.24) is 4.98 Å². The van der Waals surface area contributed by atoms with Crippen LogP contribution in [0.4, 0.5) is 5.69 Å². The maximum atomic E-state index is 11.5. The predicted octanol–water partition coefficient (Wildman–Crippen LogP) is 3.22. The number of hydrogen-bond donors (Lipinski definition) is 2. The highest BCUT2D eigenvalue weighted by Crippen LogP contribution is 2.35. The summed E-state index contributed by atoms with van der Waals surface area (Å²) in [6.07, 6.45) is 1.37. The van der Waals surface area contributed by atoms with Gasteiger partial charge in [-0.1, -0.05) is 29.3 Å². The molecule has 2 aromatic rings. The number of ether oxygens (including phenoxy) is 2. The van der Waals surface area contributed by atoms with E-state index in [0.717, 1.165) is 0 Å². The Morgan fingerprint density at radius 2 is 1.83 bits per heavy atom. The predicted molar refractivity (Wildman–Crippen MR) is 87.9 cm³/mol. The normalized spacial score (nSPS) is 10.2. The van der Waals surface area contributed by atoms with Crippen LogP contribution in [0, 0.1) is 0 Å². The van der Waals surface area contributed by atoms with Crippen molar-refractivity contribution in [1.29, 1.82) is 0 Å². The van der Waals surface area contributed by atoms with Gasteiger partial charge in [0.2, 0.25) is 11.8 Å². The molecular weight excluding hydrogens is 359 g/mol. The Labute approximate surface area is 147 Å². The molecule has 0 aliphatic carbocycles. The van der Waals surface area contributed by atoms with Crippen molar-refractivity contribution in [3.63, 3.8) is 0 Å². The van der Waals surface area contributed by atoms with Gasteiger partial charge in [0, 0.05) is 6.07 Å². The van der Waals surface area contributed by atoms with Gasteiger partial charge in [-0.3, -0.25) is 4.79 Å². The van der Waals surface area contributed by atoms with Gasteiger partial charge in [-0.25, -0.2) is 9.78 Å². The third-order valence-corrected chi connectivity index (χ3v) is 3.20. The Morgan fingerprint density at radius 1 is 1.12 bits per heavy atom. The summed E-state index contributed by atoms with van der Waals surface area (Å²) in [5.74, 6) is -1.12. The zero-order valence-electron chi connectivity index (χ0n) is 12.2. The topological polar surface area (TPSA) is 97.8 Å². The number of aromatic nitrogens is 1. The summed E-state index contributed by atoms with van der Waals surface area (Å²) in [6, 6.07) is 8.04. The van der Waals surface area contributed by atoms with E-state index in [0.29, 0.717) is 15.7 Å². The summed E-state index contributed by atoms with van der Waals surface area (Å²) < 4.78 is 10.2. The fourth-order valence-corrected chi connectivity index (χ4v) is 2.10. The molecule has 1 heterocycles. The number of carboxylic acids is 1. The smallest absolute Gasteiger partial charge is 0.329 e. The molecule has 0 saturated carbocycles. The van der Waals surface area contributed by atoms with Crippen molar-refractivity contribution in [2.75, 3.05) is 18.5 Å². The molecule has 0 atom stereocenters. The van der Waals surface area contributed by atoms with Crippen LogP contribution in [0.2, 0.25) is 10.0 Å². The number of anilines is 1. The van der Waals surface area contributed by atoms with Crippen molar-refractivity contribution < 1.29 is 24.2 Å². The maximum absolute atomic E-state index is 11.5. The lowest BCUT2D eigenvalue weighted by Crippen LogP contribution is -2.20. The van der Waals surface area contributed by atoms with Gasteiger partial charge in [-0.05, 0) is 18.2 Å². The van der Waals surface area contributed by atoms with E-state index in [1.807, 2.05) is 0 Å². The van der Waals surface area contributed by atoms with E-state index >= 15 is 0 Å². The number of carbonyl (C=O) groups excluding carboxylic acids is 1. The molecular formula is C15H12Cl2N2O5. The minimum absolute atomic E-state index is 0.241. The van der Waals surface area contributed by atoms with E-state index in [9.17, 15) is 9.59 Å². The molecule has 1 aromatic carbocycles. The second-order valence-corrected chi connectivity index (χ2v) is 5.29. The largest absolute Gasteiger partial charge is 0.480 e.